The molecule has 0 radical (unpaired) electrons. The monoisotopic (exact) mass is 545 g/mol. The van der Waals surface area contributed by atoms with E-state index < -0.39 is 30.0 Å². The molecule has 4 aromatic rings. The van der Waals surface area contributed by atoms with Gasteiger partial charge in [0.2, 0.25) is 0 Å². The fraction of sp³-hybridized carbons (Fsp3) is 0.242. The minimum atomic E-state index is -4.49. The number of methoxy groups -OCH3 is 1. The molecule has 206 valence electrons. The van der Waals surface area contributed by atoms with Gasteiger partial charge in [-0.25, -0.2) is 4.79 Å². The molecule has 1 amide bonds. The molecule has 0 aromatic heterocycles. The predicted octanol–water partition coefficient (Wildman–Crippen LogP) is 8.75. The van der Waals surface area contributed by atoms with Gasteiger partial charge < -0.3 is 9.47 Å². The Kier molecular flexibility index (Phi) is 7.32. The number of nitrogens with zero attached hydrogens (tertiary/aromatic N) is 1. The molecule has 0 unspecified atom stereocenters. The average molecular weight is 546 g/mol. The summed E-state index contributed by atoms with van der Waals surface area (Å²) in [6.07, 6.45) is -5.88. The lowest BCUT2D eigenvalue weighted by Gasteiger charge is -2.24. The SMILES string of the molecule is COc1ccc(-c2ccccc2)cc1-c1ccc(C)cc1CN1C(=O)O[C@H](c2cc(C)cc(C(F)(F)F)c2)[C@@H]1C. The van der Waals surface area contributed by atoms with E-state index in [0.29, 0.717) is 16.9 Å². The fourth-order valence-corrected chi connectivity index (χ4v) is 5.33. The molecule has 0 N–H and O–H groups in total. The standard InChI is InChI=1S/C33H30F3NO3/c1-20-10-12-28(29-18-24(11-13-30(29)39-4)23-8-6-5-7-9-23)26(14-20)19-37-22(3)31(40-32(37)38)25-15-21(2)16-27(17-25)33(34,35)36/h5-18,22,31H,19H2,1-4H3/t22-,31-/m0/s1. The van der Waals surface area contributed by atoms with Crippen LogP contribution >= 0.6 is 0 Å². The quantitative estimate of drug-likeness (QED) is 0.243. The van der Waals surface area contributed by atoms with E-state index in [2.05, 4.69) is 6.07 Å². The molecule has 0 spiro atoms. The highest BCUT2D eigenvalue weighted by atomic mass is 19.4. The first-order valence-corrected chi connectivity index (χ1v) is 13.0. The van der Waals surface area contributed by atoms with Crippen LogP contribution in [-0.2, 0) is 17.5 Å². The number of ether oxygens (including phenoxy) is 2. The number of carbonyl (C=O) groups is 1. The smallest absolute Gasteiger partial charge is 0.416 e. The van der Waals surface area contributed by atoms with Crippen LogP contribution < -0.4 is 4.74 Å². The van der Waals surface area contributed by atoms with Crippen LogP contribution in [-0.4, -0.2) is 24.1 Å². The van der Waals surface area contributed by atoms with Crippen LogP contribution in [0.3, 0.4) is 0 Å². The molecular formula is C33H30F3NO3. The maximum atomic E-state index is 13.5. The third-order valence-corrected chi connectivity index (χ3v) is 7.35. The van der Waals surface area contributed by atoms with E-state index in [4.69, 9.17) is 9.47 Å². The summed E-state index contributed by atoms with van der Waals surface area (Å²) in [6, 6.07) is 25.4. The highest BCUT2D eigenvalue weighted by Gasteiger charge is 2.41. The molecule has 1 aliphatic heterocycles. The van der Waals surface area contributed by atoms with Crippen molar-refractivity contribution in [3.8, 4) is 28.0 Å². The minimum absolute atomic E-state index is 0.226. The van der Waals surface area contributed by atoms with Crippen LogP contribution in [0.2, 0.25) is 0 Å². The van der Waals surface area contributed by atoms with Crippen molar-refractivity contribution in [3.05, 3.63) is 113 Å². The molecular weight excluding hydrogens is 515 g/mol. The number of rotatable bonds is 6. The summed E-state index contributed by atoms with van der Waals surface area (Å²) >= 11 is 0. The molecule has 1 heterocycles. The summed E-state index contributed by atoms with van der Waals surface area (Å²) in [5, 5.41) is 0. The highest BCUT2D eigenvalue weighted by Crippen LogP contribution is 2.40. The van der Waals surface area contributed by atoms with Crippen molar-refractivity contribution in [2.75, 3.05) is 7.11 Å². The van der Waals surface area contributed by atoms with Crippen molar-refractivity contribution in [1.29, 1.82) is 0 Å². The van der Waals surface area contributed by atoms with Gasteiger partial charge in [0.05, 0.1) is 25.3 Å². The van der Waals surface area contributed by atoms with Gasteiger partial charge in [0.15, 0.2) is 0 Å². The average Bonchev–Trinajstić information content (AvgIpc) is 3.21. The Morgan fingerprint density at radius 3 is 2.30 bits per heavy atom. The maximum absolute atomic E-state index is 13.5. The van der Waals surface area contributed by atoms with E-state index in [1.165, 1.54) is 0 Å². The Bertz CT molecular complexity index is 1550. The van der Waals surface area contributed by atoms with Gasteiger partial charge >= 0.3 is 12.3 Å². The van der Waals surface area contributed by atoms with E-state index in [0.717, 1.165) is 45.5 Å². The van der Waals surface area contributed by atoms with Gasteiger partial charge in [-0.15, -0.1) is 0 Å². The van der Waals surface area contributed by atoms with Gasteiger partial charge in [0, 0.05) is 5.56 Å². The number of alkyl halides is 3. The lowest BCUT2D eigenvalue weighted by molar-refractivity contribution is -0.137. The fourth-order valence-electron chi connectivity index (χ4n) is 5.33. The van der Waals surface area contributed by atoms with Crippen molar-refractivity contribution in [1.82, 2.24) is 4.90 Å². The van der Waals surface area contributed by atoms with Gasteiger partial charge in [-0.1, -0.05) is 71.8 Å². The lowest BCUT2D eigenvalue weighted by atomic mass is 9.93. The van der Waals surface area contributed by atoms with Gasteiger partial charge in [0.25, 0.3) is 0 Å². The first kappa shape index (κ1) is 27.3. The molecule has 2 atom stereocenters. The second-order valence-corrected chi connectivity index (χ2v) is 10.2. The molecule has 1 fully saturated rings. The molecule has 0 bridgehead atoms. The Morgan fingerprint density at radius 2 is 1.60 bits per heavy atom. The van der Waals surface area contributed by atoms with Crippen molar-refractivity contribution in [2.24, 2.45) is 0 Å². The zero-order valence-corrected chi connectivity index (χ0v) is 22.8. The Morgan fingerprint density at radius 1 is 0.850 bits per heavy atom. The van der Waals surface area contributed by atoms with E-state index in [1.807, 2.05) is 67.6 Å². The van der Waals surface area contributed by atoms with Gasteiger partial charge in [-0.2, -0.15) is 13.2 Å². The summed E-state index contributed by atoms with van der Waals surface area (Å²) in [5.74, 6) is 0.694. The zero-order chi connectivity index (χ0) is 28.6. The molecule has 4 aromatic carbocycles. The number of halogens is 3. The number of amides is 1. The molecule has 1 saturated heterocycles. The third kappa shape index (κ3) is 5.41. The lowest BCUT2D eigenvalue weighted by Crippen LogP contribution is -2.31. The number of hydrogen-bond acceptors (Lipinski definition) is 3. The van der Waals surface area contributed by atoms with Crippen molar-refractivity contribution >= 4 is 6.09 Å². The third-order valence-electron chi connectivity index (χ3n) is 7.35. The van der Waals surface area contributed by atoms with Crippen LogP contribution in [0.1, 0.15) is 40.8 Å². The van der Waals surface area contributed by atoms with Crippen LogP contribution in [0.15, 0.2) is 84.9 Å². The Balaban J connectivity index is 1.51. The van der Waals surface area contributed by atoms with Gasteiger partial charge in [-0.3, -0.25) is 4.90 Å². The van der Waals surface area contributed by atoms with E-state index in [9.17, 15) is 18.0 Å². The molecule has 0 aliphatic carbocycles. The summed E-state index contributed by atoms with van der Waals surface area (Å²) in [5.41, 5.74) is 5.80. The van der Waals surface area contributed by atoms with Crippen LogP contribution in [0.5, 0.6) is 5.75 Å². The van der Waals surface area contributed by atoms with E-state index in [1.54, 1.807) is 31.9 Å². The number of carbonyl (C=O) groups excluding carboxylic acids is 1. The molecule has 5 rings (SSSR count). The van der Waals surface area contributed by atoms with Crippen LogP contribution in [0.4, 0.5) is 18.0 Å². The van der Waals surface area contributed by atoms with Crippen molar-refractivity contribution in [3.63, 3.8) is 0 Å². The highest BCUT2D eigenvalue weighted by molar-refractivity contribution is 5.80. The normalized spacial score (nSPS) is 17.2. The molecule has 4 nitrogen and oxygen atoms in total. The second-order valence-electron chi connectivity index (χ2n) is 10.2. The molecule has 40 heavy (non-hydrogen) atoms. The van der Waals surface area contributed by atoms with Crippen LogP contribution in [0, 0.1) is 13.8 Å². The van der Waals surface area contributed by atoms with Crippen molar-refractivity contribution in [2.45, 2.75) is 45.6 Å². The molecule has 7 heteroatoms. The molecule has 0 saturated carbocycles. The molecule has 1 aliphatic rings. The van der Waals surface area contributed by atoms with Gasteiger partial charge in [-0.05, 0) is 72.9 Å². The number of aryl methyl sites for hydroxylation is 2. The Labute approximate surface area is 232 Å². The number of cyclic esters (lactones) is 1. The van der Waals surface area contributed by atoms with Crippen molar-refractivity contribution < 1.29 is 27.4 Å². The van der Waals surface area contributed by atoms with E-state index >= 15 is 0 Å². The Hall–Kier alpha value is -4.26. The number of hydrogen-bond donors (Lipinski definition) is 0. The largest absolute Gasteiger partial charge is 0.496 e. The zero-order valence-electron chi connectivity index (χ0n) is 22.8. The summed E-state index contributed by atoms with van der Waals surface area (Å²) in [7, 11) is 1.62. The second kappa shape index (κ2) is 10.7. The summed E-state index contributed by atoms with van der Waals surface area (Å²) < 4.78 is 51.8. The predicted molar refractivity (Wildman–Crippen MR) is 149 cm³/mol. The first-order valence-electron chi connectivity index (χ1n) is 13.0. The topological polar surface area (TPSA) is 38.8 Å². The number of benzene rings is 4. The maximum Gasteiger partial charge on any atom is 0.416 e. The van der Waals surface area contributed by atoms with Gasteiger partial charge in [0.1, 0.15) is 11.9 Å². The van der Waals surface area contributed by atoms with Crippen LogP contribution in [0.25, 0.3) is 22.3 Å². The summed E-state index contributed by atoms with van der Waals surface area (Å²) in [4.78, 5) is 14.7. The summed E-state index contributed by atoms with van der Waals surface area (Å²) in [6.45, 7) is 5.61. The first-order chi connectivity index (χ1) is 19.0. The minimum Gasteiger partial charge on any atom is -0.496 e. The van der Waals surface area contributed by atoms with E-state index in [-0.39, 0.29) is 6.54 Å².